The lowest BCUT2D eigenvalue weighted by molar-refractivity contribution is -0.290. The fourth-order valence-corrected chi connectivity index (χ4v) is 13.5. The second-order valence-corrected chi connectivity index (χ2v) is 21.4. The van der Waals surface area contributed by atoms with Crippen LogP contribution in [0.3, 0.4) is 0 Å². The number of aliphatic hydroxyl groups is 1. The van der Waals surface area contributed by atoms with E-state index in [0.717, 1.165) is 56.4 Å². The number of rotatable bonds is 4. The number of nitrogens with one attached hydrogen (secondary N) is 2. The number of carbonyl (C=O) groups excluding carboxylic acids is 3. The van der Waals surface area contributed by atoms with E-state index in [9.17, 15) is 24.7 Å². The van der Waals surface area contributed by atoms with Crippen molar-refractivity contribution in [2.45, 2.75) is 183 Å². The van der Waals surface area contributed by atoms with Gasteiger partial charge in [0, 0.05) is 28.5 Å². The molecule has 0 bridgehead atoms. The molecule has 5 aliphatic carbocycles. The molecule has 0 aromatic rings. The quantitative estimate of drug-likeness (QED) is 0.285. The van der Waals surface area contributed by atoms with Gasteiger partial charge in [-0.1, -0.05) is 54.0 Å². The summed E-state index contributed by atoms with van der Waals surface area (Å²) in [7, 11) is 0. The van der Waals surface area contributed by atoms with Gasteiger partial charge in [-0.15, -0.1) is 10.3 Å². The number of hydroxylamine groups is 2. The molecule has 1 aliphatic heterocycles. The van der Waals surface area contributed by atoms with Crippen molar-refractivity contribution in [1.29, 1.82) is 0 Å². The molecule has 1 saturated heterocycles. The number of nitrogens with zero attached hydrogens (tertiary/aromatic N) is 1. The first-order valence-corrected chi connectivity index (χ1v) is 19.8. The van der Waals surface area contributed by atoms with Gasteiger partial charge in [0.15, 0.2) is 5.78 Å². The molecular weight excluding hydrogens is 626 g/mol. The van der Waals surface area contributed by atoms with Crippen molar-refractivity contribution in [2.75, 3.05) is 0 Å². The zero-order valence-electron chi connectivity index (χ0n) is 33.3. The van der Waals surface area contributed by atoms with Crippen LogP contribution in [0.5, 0.6) is 0 Å². The van der Waals surface area contributed by atoms with Crippen LogP contribution in [0.4, 0.5) is 0 Å². The van der Waals surface area contributed by atoms with Crippen LogP contribution in [0.1, 0.15) is 154 Å². The number of hydrogen-bond acceptors (Lipinski definition) is 5. The molecule has 0 spiro atoms. The standard InChI is InChI=1S/C42H68N3O5/c1-25(33(48)44-26-22-35(2,3)45(50)36(4,5)23-26)43-34(49)39(9)18-17-38(8)19-20-41(11)27(28(38)24-39)21-29(46)32-40(10)15-14-31(47)37(6,7)30(40)13-16-42(32,41)12/h21,25-26,28,30-32,47H,13-20,22-24H2,1-12H3,(H,43,49)(H,44,48)/t25-,28-,30-,31-,32+,38+,39-,40-,41+,42+/m0/s1. The van der Waals surface area contributed by atoms with E-state index in [1.165, 1.54) is 5.57 Å². The maximum atomic E-state index is 14.7. The number of hydrogen-bond donors (Lipinski definition) is 3. The number of ketones is 1. The minimum atomic E-state index is -0.704. The molecule has 1 radical (unpaired) electrons. The Morgan fingerprint density at radius 1 is 0.840 bits per heavy atom. The Bertz CT molecular complexity index is 1450. The number of fused-ring (bicyclic) bond motifs is 7. The first kappa shape index (κ1) is 38.0. The molecule has 281 valence electrons. The molecule has 0 aromatic heterocycles. The summed E-state index contributed by atoms with van der Waals surface area (Å²) in [5.41, 5.74) is -1.28. The maximum absolute atomic E-state index is 14.7. The monoisotopic (exact) mass is 695 g/mol. The van der Waals surface area contributed by atoms with E-state index >= 15 is 0 Å². The van der Waals surface area contributed by atoms with Crippen molar-refractivity contribution in [3.8, 4) is 0 Å². The van der Waals surface area contributed by atoms with Crippen LogP contribution in [0.25, 0.3) is 0 Å². The average molecular weight is 695 g/mol. The van der Waals surface area contributed by atoms with Crippen molar-refractivity contribution in [3.63, 3.8) is 0 Å². The highest BCUT2D eigenvalue weighted by Crippen LogP contribution is 2.75. The third kappa shape index (κ3) is 5.41. The first-order valence-electron chi connectivity index (χ1n) is 19.8. The summed E-state index contributed by atoms with van der Waals surface area (Å²) in [5, 5.41) is 31.3. The SMILES string of the molecule is C[C@H](NC(=O)[C@@]1(C)CC[C@]2(C)CC[C@]3(C)C(=CC(=O)[C@@H]4[C@@]5(C)CC[C@H](O)C(C)(C)[C@@H]5CC[C@]43C)[C@@H]2C1)C(=O)NC1CC(C)(C)N([O])C(C)(C)C1. The highest BCUT2D eigenvalue weighted by atomic mass is 16.5. The summed E-state index contributed by atoms with van der Waals surface area (Å²) < 4.78 is 0. The largest absolute Gasteiger partial charge is 0.393 e. The molecule has 0 unspecified atom stereocenters. The fraction of sp³-hybridized carbons (Fsp3) is 0.881. The predicted octanol–water partition coefficient (Wildman–Crippen LogP) is 7.32. The third-order valence-corrected chi connectivity index (χ3v) is 16.8. The van der Waals surface area contributed by atoms with Crippen LogP contribution >= 0.6 is 0 Å². The lowest BCUT2D eigenvalue weighted by atomic mass is 9.33. The Balaban J connectivity index is 1.22. The molecule has 4 saturated carbocycles. The van der Waals surface area contributed by atoms with Crippen molar-refractivity contribution >= 4 is 17.6 Å². The molecule has 5 fully saturated rings. The molecule has 8 nitrogen and oxygen atoms in total. The zero-order valence-corrected chi connectivity index (χ0v) is 33.3. The van der Waals surface area contributed by atoms with Crippen molar-refractivity contribution in [3.05, 3.63) is 11.6 Å². The van der Waals surface area contributed by atoms with Crippen LogP contribution in [-0.2, 0) is 19.6 Å². The van der Waals surface area contributed by atoms with Gasteiger partial charge in [0.05, 0.1) is 6.10 Å². The molecule has 1 heterocycles. The Kier molecular flexibility index (Phi) is 8.82. The number of aliphatic hydroxyl groups excluding tert-OH is 1. The summed E-state index contributed by atoms with van der Waals surface area (Å²) in [6.07, 6.45) is 10.9. The minimum absolute atomic E-state index is 0.0195. The van der Waals surface area contributed by atoms with Gasteiger partial charge < -0.3 is 15.7 Å². The second-order valence-electron chi connectivity index (χ2n) is 21.4. The fourth-order valence-electron chi connectivity index (χ4n) is 13.5. The van der Waals surface area contributed by atoms with Gasteiger partial charge in [0.1, 0.15) is 6.04 Å². The van der Waals surface area contributed by atoms with E-state index in [1.54, 1.807) is 6.92 Å². The van der Waals surface area contributed by atoms with E-state index in [-0.39, 0.29) is 68.7 Å². The first-order chi connectivity index (χ1) is 22.8. The molecular formula is C42H68N3O5. The molecule has 2 amide bonds. The second kappa shape index (κ2) is 11.6. The average Bonchev–Trinajstić information content (AvgIpc) is 2.99. The minimum Gasteiger partial charge on any atom is -0.393 e. The van der Waals surface area contributed by atoms with E-state index in [1.807, 2.05) is 27.7 Å². The smallest absolute Gasteiger partial charge is 0.242 e. The Labute approximate surface area is 302 Å². The highest BCUT2D eigenvalue weighted by molar-refractivity contribution is 5.96. The summed E-state index contributed by atoms with van der Waals surface area (Å²) >= 11 is 0. The Morgan fingerprint density at radius 3 is 2.06 bits per heavy atom. The van der Waals surface area contributed by atoms with Gasteiger partial charge in [0.2, 0.25) is 11.8 Å². The number of amides is 2. The summed E-state index contributed by atoms with van der Waals surface area (Å²) in [5.74, 6) is 0.298. The topological polar surface area (TPSA) is 119 Å². The molecule has 6 rings (SSSR count). The molecule has 3 N–H and O–H groups in total. The van der Waals surface area contributed by atoms with Crippen LogP contribution in [-0.4, -0.2) is 57.0 Å². The summed E-state index contributed by atoms with van der Waals surface area (Å²) in [4.78, 5) is 42.3. The van der Waals surface area contributed by atoms with Crippen LogP contribution < -0.4 is 10.6 Å². The van der Waals surface area contributed by atoms with E-state index in [4.69, 9.17) is 0 Å². The van der Waals surface area contributed by atoms with E-state index < -0.39 is 22.5 Å². The van der Waals surface area contributed by atoms with Crippen molar-refractivity contribution in [1.82, 2.24) is 15.7 Å². The normalized spacial score (nSPS) is 45.9. The number of carbonyl (C=O) groups is 3. The van der Waals surface area contributed by atoms with Gasteiger partial charge in [-0.3, -0.25) is 14.4 Å². The van der Waals surface area contributed by atoms with Gasteiger partial charge in [-0.05, 0) is 150 Å². The van der Waals surface area contributed by atoms with Gasteiger partial charge in [0.25, 0.3) is 0 Å². The molecule has 6 aliphatic rings. The van der Waals surface area contributed by atoms with E-state index in [0.29, 0.717) is 25.2 Å². The summed E-state index contributed by atoms with van der Waals surface area (Å²) in [6.45, 7) is 25.5. The van der Waals surface area contributed by atoms with Crippen molar-refractivity contribution < 1.29 is 24.7 Å². The third-order valence-electron chi connectivity index (χ3n) is 16.8. The summed E-state index contributed by atoms with van der Waals surface area (Å²) in [6, 6.07) is -0.851. The van der Waals surface area contributed by atoms with Gasteiger partial charge in [-0.2, -0.15) is 0 Å². The molecule has 8 heteroatoms. The van der Waals surface area contributed by atoms with Gasteiger partial charge in [-0.25, -0.2) is 0 Å². The predicted molar refractivity (Wildman–Crippen MR) is 195 cm³/mol. The van der Waals surface area contributed by atoms with Crippen LogP contribution in [0.15, 0.2) is 11.6 Å². The number of allylic oxidation sites excluding steroid dienone is 2. The maximum Gasteiger partial charge on any atom is 0.242 e. The molecule has 10 atom stereocenters. The lowest BCUT2D eigenvalue weighted by Gasteiger charge is -2.70. The Hall–Kier alpha value is -1.77. The zero-order chi connectivity index (χ0) is 37.3. The van der Waals surface area contributed by atoms with Crippen molar-refractivity contribution in [2.24, 2.45) is 50.2 Å². The van der Waals surface area contributed by atoms with Gasteiger partial charge >= 0.3 is 0 Å². The lowest BCUT2D eigenvalue weighted by Crippen LogP contribution is -2.66. The molecule has 50 heavy (non-hydrogen) atoms. The molecule has 0 aromatic carbocycles. The van der Waals surface area contributed by atoms with E-state index in [2.05, 4.69) is 65.2 Å². The van der Waals surface area contributed by atoms with Crippen LogP contribution in [0, 0.1) is 50.2 Å². The van der Waals surface area contributed by atoms with Crippen LogP contribution in [0.2, 0.25) is 0 Å². The number of piperidine rings is 1. The Morgan fingerprint density at radius 2 is 1.44 bits per heavy atom. The highest BCUT2D eigenvalue weighted by Gasteiger charge is 2.70.